The molecule has 0 fully saturated rings. The van der Waals surface area contributed by atoms with Gasteiger partial charge in [0.25, 0.3) is 0 Å². The molecule has 0 aliphatic carbocycles. The van der Waals surface area contributed by atoms with Crippen molar-refractivity contribution >= 4 is 11.6 Å². The van der Waals surface area contributed by atoms with Crippen LogP contribution in [0.5, 0.6) is 0 Å². The average molecular weight is 188 g/mol. The summed E-state index contributed by atoms with van der Waals surface area (Å²) in [6, 6.07) is 1.67. The van der Waals surface area contributed by atoms with E-state index in [1.807, 2.05) is 0 Å². The van der Waals surface area contributed by atoms with Crippen LogP contribution in [0.25, 0.3) is 0 Å². The van der Waals surface area contributed by atoms with Gasteiger partial charge in [0, 0.05) is 25.1 Å². The number of hydrogen-bond donors (Lipinski definition) is 1. The maximum absolute atomic E-state index is 9.46. The number of nitrogens with zero attached hydrogens (tertiary/aromatic N) is 1. The number of pyridine rings is 1. The number of methoxy groups -OCH3 is 1. The Morgan fingerprint density at radius 1 is 1.75 bits per heavy atom. The van der Waals surface area contributed by atoms with Gasteiger partial charge in [-0.3, -0.25) is 4.98 Å². The van der Waals surface area contributed by atoms with Crippen LogP contribution in [0.2, 0.25) is 5.02 Å². The van der Waals surface area contributed by atoms with Crippen molar-refractivity contribution in [2.24, 2.45) is 0 Å². The fourth-order valence-electron chi connectivity index (χ4n) is 0.904. The first kappa shape index (κ1) is 9.45. The SMILES string of the molecule is COCC(O)c1ccncc1Cl. The zero-order chi connectivity index (χ0) is 8.97. The van der Waals surface area contributed by atoms with Crippen LogP contribution in [-0.2, 0) is 4.74 Å². The van der Waals surface area contributed by atoms with E-state index < -0.39 is 6.10 Å². The van der Waals surface area contributed by atoms with E-state index in [0.29, 0.717) is 10.6 Å². The Hall–Kier alpha value is -0.640. The van der Waals surface area contributed by atoms with E-state index in [-0.39, 0.29) is 6.61 Å². The van der Waals surface area contributed by atoms with E-state index >= 15 is 0 Å². The predicted molar refractivity (Wildman–Crippen MR) is 46.1 cm³/mol. The molecule has 0 amide bonds. The third kappa shape index (κ3) is 2.17. The molecule has 1 atom stereocenters. The lowest BCUT2D eigenvalue weighted by atomic mass is 10.1. The third-order valence-electron chi connectivity index (χ3n) is 1.49. The van der Waals surface area contributed by atoms with E-state index in [1.165, 1.54) is 13.3 Å². The molecule has 1 aromatic rings. The highest BCUT2D eigenvalue weighted by Gasteiger charge is 2.09. The molecule has 12 heavy (non-hydrogen) atoms. The Morgan fingerprint density at radius 2 is 2.50 bits per heavy atom. The van der Waals surface area contributed by atoms with Gasteiger partial charge in [-0.15, -0.1) is 0 Å². The van der Waals surface area contributed by atoms with Crippen molar-refractivity contribution in [3.05, 3.63) is 29.0 Å². The minimum Gasteiger partial charge on any atom is -0.386 e. The standard InChI is InChI=1S/C8H10ClNO2/c1-12-5-8(11)6-2-3-10-4-7(6)9/h2-4,8,11H,5H2,1H3. The highest BCUT2D eigenvalue weighted by molar-refractivity contribution is 6.31. The molecule has 0 radical (unpaired) electrons. The summed E-state index contributed by atoms with van der Waals surface area (Å²) in [4.78, 5) is 3.80. The molecular weight excluding hydrogens is 178 g/mol. The molecule has 0 spiro atoms. The Bertz CT molecular complexity index is 255. The van der Waals surface area contributed by atoms with Gasteiger partial charge < -0.3 is 9.84 Å². The molecule has 66 valence electrons. The molecule has 1 rings (SSSR count). The number of hydrogen-bond acceptors (Lipinski definition) is 3. The van der Waals surface area contributed by atoms with E-state index in [4.69, 9.17) is 16.3 Å². The number of aliphatic hydroxyl groups is 1. The minimum absolute atomic E-state index is 0.240. The van der Waals surface area contributed by atoms with Crippen LogP contribution < -0.4 is 0 Å². The summed E-state index contributed by atoms with van der Waals surface area (Å²) in [5, 5.41) is 9.92. The summed E-state index contributed by atoms with van der Waals surface area (Å²) >= 11 is 5.78. The van der Waals surface area contributed by atoms with Crippen LogP contribution in [0.15, 0.2) is 18.5 Å². The first-order valence-corrected chi connectivity index (χ1v) is 3.90. The number of aliphatic hydroxyl groups excluding tert-OH is 1. The largest absolute Gasteiger partial charge is 0.386 e. The molecule has 1 unspecified atom stereocenters. The average Bonchev–Trinajstić information content (AvgIpc) is 2.05. The lowest BCUT2D eigenvalue weighted by molar-refractivity contribution is 0.0644. The topological polar surface area (TPSA) is 42.4 Å². The number of rotatable bonds is 3. The van der Waals surface area contributed by atoms with E-state index in [0.717, 1.165) is 0 Å². The molecule has 1 N–H and O–H groups in total. The van der Waals surface area contributed by atoms with Gasteiger partial charge in [0.2, 0.25) is 0 Å². The van der Waals surface area contributed by atoms with E-state index in [9.17, 15) is 5.11 Å². The summed E-state index contributed by atoms with van der Waals surface area (Å²) in [6.07, 6.45) is 2.40. The number of ether oxygens (including phenoxy) is 1. The van der Waals surface area contributed by atoms with Crippen molar-refractivity contribution in [3.63, 3.8) is 0 Å². The summed E-state index contributed by atoms with van der Waals surface area (Å²) < 4.78 is 4.78. The van der Waals surface area contributed by atoms with Gasteiger partial charge in [0.05, 0.1) is 11.6 Å². The second kappa shape index (κ2) is 4.40. The molecule has 3 nitrogen and oxygen atoms in total. The lowest BCUT2D eigenvalue weighted by Gasteiger charge is -2.10. The van der Waals surface area contributed by atoms with Crippen LogP contribution in [0.1, 0.15) is 11.7 Å². The Morgan fingerprint density at radius 3 is 3.08 bits per heavy atom. The quantitative estimate of drug-likeness (QED) is 0.778. The maximum atomic E-state index is 9.46. The van der Waals surface area contributed by atoms with Gasteiger partial charge in [0.15, 0.2) is 0 Å². The molecular formula is C8H10ClNO2. The van der Waals surface area contributed by atoms with Crippen molar-refractivity contribution < 1.29 is 9.84 Å². The Balaban J connectivity index is 2.79. The first-order chi connectivity index (χ1) is 5.75. The highest BCUT2D eigenvalue weighted by Crippen LogP contribution is 2.21. The number of aromatic nitrogens is 1. The number of halogens is 1. The Kier molecular flexibility index (Phi) is 3.47. The Labute approximate surface area is 76.0 Å². The molecule has 1 aromatic heterocycles. The van der Waals surface area contributed by atoms with Crippen molar-refractivity contribution in [3.8, 4) is 0 Å². The van der Waals surface area contributed by atoms with Gasteiger partial charge in [-0.05, 0) is 6.07 Å². The fourth-order valence-corrected chi connectivity index (χ4v) is 1.15. The third-order valence-corrected chi connectivity index (χ3v) is 1.80. The zero-order valence-electron chi connectivity index (χ0n) is 6.70. The van der Waals surface area contributed by atoms with E-state index in [1.54, 1.807) is 12.3 Å². The van der Waals surface area contributed by atoms with E-state index in [2.05, 4.69) is 4.98 Å². The van der Waals surface area contributed by atoms with Gasteiger partial charge in [-0.2, -0.15) is 0 Å². The van der Waals surface area contributed by atoms with Crippen LogP contribution in [0.4, 0.5) is 0 Å². The summed E-state index contributed by atoms with van der Waals surface area (Å²) in [5.41, 5.74) is 0.647. The van der Waals surface area contributed by atoms with Crippen LogP contribution >= 0.6 is 11.6 Å². The van der Waals surface area contributed by atoms with Crippen LogP contribution in [-0.4, -0.2) is 23.8 Å². The van der Waals surface area contributed by atoms with Crippen molar-refractivity contribution in [1.29, 1.82) is 0 Å². The lowest BCUT2D eigenvalue weighted by Crippen LogP contribution is -2.05. The normalized spacial score (nSPS) is 12.9. The second-order valence-corrected chi connectivity index (χ2v) is 2.78. The molecule has 0 saturated carbocycles. The highest BCUT2D eigenvalue weighted by atomic mass is 35.5. The van der Waals surface area contributed by atoms with Crippen molar-refractivity contribution in [2.75, 3.05) is 13.7 Å². The predicted octanol–water partition coefficient (Wildman–Crippen LogP) is 1.41. The summed E-state index contributed by atoms with van der Waals surface area (Å²) in [7, 11) is 1.53. The smallest absolute Gasteiger partial charge is 0.104 e. The van der Waals surface area contributed by atoms with Gasteiger partial charge in [-0.1, -0.05) is 11.6 Å². The first-order valence-electron chi connectivity index (χ1n) is 3.52. The summed E-state index contributed by atoms with van der Waals surface area (Å²) in [5.74, 6) is 0. The van der Waals surface area contributed by atoms with Crippen molar-refractivity contribution in [1.82, 2.24) is 4.98 Å². The molecule has 0 saturated heterocycles. The van der Waals surface area contributed by atoms with Crippen LogP contribution in [0.3, 0.4) is 0 Å². The molecule has 4 heteroatoms. The second-order valence-electron chi connectivity index (χ2n) is 2.37. The van der Waals surface area contributed by atoms with Crippen molar-refractivity contribution in [2.45, 2.75) is 6.10 Å². The fraction of sp³-hybridized carbons (Fsp3) is 0.375. The minimum atomic E-state index is -0.675. The van der Waals surface area contributed by atoms with Gasteiger partial charge >= 0.3 is 0 Å². The zero-order valence-corrected chi connectivity index (χ0v) is 7.45. The monoisotopic (exact) mass is 187 g/mol. The molecule has 0 aromatic carbocycles. The molecule has 0 aliphatic rings. The van der Waals surface area contributed by atoms with Gasteiger partial charge in [0.1, 0.15) is 6.10 Å². The molecule has 0 aliphatic heterocycles. The molecule has 1 heterocycles. The molecule has 0 bridgehead atoms. The maximum Gasteiger partial charge on any atom is 0.104 e. The van der Waals surface area contributed by atoms with Crippen LogP contribution in [0, 0.1) is 0 Å². The van der Waals surface area contributed by atoms with Gasteiger partial charge in [-0.25, -0.2) is 0 Å². The summed E-state index contributed by atoms with van der Waals surface area (Å²) in [6.45, 7) is 0.240.